The van der Waals surface area contributed by atoms with Gasteiger partial charge in [-0.2, -0.15) is 0 Å². The van der Waals surface area contributed by atoms with E-state index in [9.17, 15) is 5.11 Å². The Morgan fingerprint density at radius 3 is 2.40 bits per heavy atom. The summed E-state index contributed by atoms with van der Waals surface area (Å²) >= 11 is 0. The molecule has 3 nitrogen and oxygen atoms in total. The van der Waals surface area contributed by atoms with Gasteiger partial charge in [0.1, 0.15) is 18.5 Å². The van der Waals surface area contributed by atoms with Crippen LogP contribution >= 0.6 is 0 Å². The van der Waals surface area contributed by atoms with Crippen LogP contribution in [0.25, 0.3) is 0 Å². The van der Waals surface area contributed by atoms with Crippen LogP contribution in [0.2, 0.25) is 0 Å². The highest BCUT2D eigenvalue weighted by atomic mass is 16.5. The lowest BCUT2D eigenvalue weighted by Gasteiger charge is -2.40. The second-order valence-corrected chi connectivity index (χ2v) is 6.10. The lowest BCUT2D eigenvalue weighted by molar-refractivity contribution is 0.0209. The van der Waals surface area contributed by atoms with Crippen molar-refractivity contribution >= 4 is 0 Å². The van der Waals surface area contributed by atoms with Crippen LogP contribution in [0.3, 0.4) is 0 Å². The van der Waals surface area contributed by atoms with Gasteiger partial charge >= 0.3 is 0 Å². The van der Waals surface area contributed by atoms with Crippen LogP contribution in [0.15, 0.2) is 24.3 Å². The quantitative estimate of drug-likeness (QED) is 0.898. The second-order valence-electron chi connectivity index (χ2n) is 6.10. The van der Waals surface area contributed by atoms with Crippen LogP contribution in [0.1, 0.15) is 38.7 Å². The predicted octanol–water partition coefficient (Wildman–Crippen LogP) is 3.00. The Hall–Kier alpha value is -1.06. The Kier molecular flexibility index (Phi) is 5.44. The predicted molar refractivity (Wildman–Crippen MR) is 82.2 cm³/mol. The van der Waals surface area contributed by atoms with E-state index in [1.165, 1.54) is 24.8 Å². The molecule has 0 aromatic heterocycles. The van der Waals surface area contributed by atoms with Gasteiger partial charge in [-0.25, -0.2) is 0 Å². The fourth-order valence-corrected chi connectivity index (χ4v) is 2.96. The third kappa shape index (κ3) is 4.22. The smallest absolute Gasteiger partial charge is 0.119 e. The third-order valence-electron chi connectivity index (χ3n) is 4.26. The summed E-state index contributed by atoms with van der Waals surface area (Å²) in [6.45, 7) is 7.62. The average molecular weight is 277 g/mol. The Labute approximate surface area is 122 Å². The molecule has 3 heteroatoms. The average Bonchev–Trinajstić information content (AvgIpc) is 2.42. The zero-order valence-corrected chi connectivity index (χ0v) is 12.9. The van der Waals surface area contributed by atoms with Gasteiger partial charge in [-0.1, -0.05) is 24.1 Å². The second kappa shape index (κ2) is 7.09. The highest BCUT2D eigenvalue weighted by molar-refractivity contribution is 5.26. The van der Waals surface area contributed by atoms with E-state index >= 15 is 0 Å². The van der Waals surface area contributed by atoms with Crippen molar-refractivity contribution in [2.24, 2.45) is 0 Å². The van der Waals surface area contributed by atoms with Gasteiger partial charge in [-0.3, -0.25) is 4.90 Å². The molecule has 0 bridgehead atoms. The van der Waals surface area contributed by atoms with Crippen LogP contribution in [0.5, 0.6) is 5.75 Å². The Balaban J connectivity index is 1.79. The van der Waals surface area contributed by atoms with Gasteiger partial charge in [0.2, 0.25) is 0 Å². The van der Waals surface area contributed by atoms with Gasteiger partial charge in [0.15, 0.2) is 0 Å². The molecule has 0 saturated carbocycles. The lowest BCUT2D eigenvalue weighted by Crippen LogP contribution is -2.48. The molecule has 1 aromatic rings. The number of ether oxygens (including phenoxy) is 1. The number of β-amino-alcohol motifs (C(OH)–C–C–N with tert-alkyl or cyclic N) is 1. The topological polar surface area (TPSA) is 32.7 Å². The number of nitrogens with zero attached hydrogens (tertiary/aromatic N) is 1. The summed E-state index contributed by atoms with van der Waals surface area (Å²) in [7, 11) is 0. The molecule has 1 aliphatic rings. The molecule has 1 N–H and O–H groups in total. The maximum atomic E-state index is 10.2. The molecular formula is C17H27NO2. The van der Waals surface area contributed by atoms with E-state index in [0.717, 1.165) is 5.75 Å². The molecule has 0 spiro atoms. The Morgan fingerprint density at radius 1 is 1.20 bits per heavy atom. The van der Waals surface area contributed by atoms with Crippen LogP contribution in [-0.4, -0.2) is 41.3 Å². The van der Waals surface area contributed by atoms with Crippen molar-refractivity contribution in [3.05, 3.63) is 29.8 Å². The maximum Gasteiger partial charge on any atom is 0.119 e. The number of aliphatic hydroxyl groups excluding tert-OH is 1. The number of benzene rings is 1. The number of rotatable bonds is 5. The standard InChI is InChI=1S/C17H27NO2/c1-13-7-9-17(10-8-13)20-12-16(19)11-18-14(2)5-4-6-15(18)3/h7-10,14-16,19H,4-6,11-12H2,1-3H3/t14-,15+,16-/m0/s1. The van der Waals surface area contributed by atoms with Crippen molar-refractivity contribution in [3.63, 3.8) is 0 Å². The summed E-state index contributed by atoms with van der Waals surface area (Å²) in [6, 6.07) is 9.08. The van der Waals surface area contributed by atoms with Crippen LogP contribution in [-0.2, 0) is 0 Å². The van der Waals surface area contributed by atoms with E-state index in [1.807, 2.05) is 24.3 Å². The van der Waals surface area contributed by atoms with Crippen molar-refractivity contribution in [1.82, 2.24) is 4.90 Å². The summed E-state index contributed by atoms with van der Waals surface area (Å²) < 4.78 is 5.66. The summed E-state index contributed by atoms with van der Waals surface area (Å²) in [6.07, 6.45) is 3.33. The molecule has 2 rings (SSSR count). The van der Waals surface area contributed by atoms with E-state index in [-0.39, 0.29) is 0 Å². The normalized spacial score (nSPS) is 25.4. The first kappa shape index (κ1) is 15.3. The van der Waals surface area contributed by atoms with E-state index in [4.69, 9.17) is 4.74 Å². The fraction of sp³-hybridized carbons (Fsp3) is 0.647. The van der Waals surface area contributed by atoms with Crippen LogP contribution in [0.4, 0.5) is 0 Å². The summed E-state index contributed by atoms with van der Waals surface area (Å²) in [5, 5.41) is 10.2. The third-order valence-corrected chi connectivity index (χ3v) is 4.26. The summed E-state index contributed by atoms with van der Waals surface area (Å²) in [5.41, 5.74) is 1.22. The van der Waals surface area contributed by atoms with Crippen molar-refractivity contribution in [3.8, 4) is 5.75 Å². The largest absolute Gasteiger partial charge is 0.491 e. The number of hydrogen-bond acceptors (Lipinski definition) is 3. The number of likely N-dealkylation sites (tertiary alicyclic amines) is 1. The first-order valence-corrected chi connectivity index (χ1v) is 7.69. The first-order chi connectivity index (χ1) is 9.56. The van der Waals surface area contributed by atoms with Crippen molar-refractivity contribution in [2.45, 2.75) is 58.2 Å². The van der Waals surface area contributed by atoms with Gasteiger partial charge in [0.25, 0.3) is 0 Å². The zero-order valence-electron chi connectivity index (χ0n) is 12.9. The minimum absolute atomic E-state index is 0.360. The van der Waals surface area contributed by atoms with Crippen LogP contribution < -0.4 is 4.74 Å². The van der Waals surface area contributed by atoms with Crippen molar-refractivity contribution < 1.29 is 9.84 Å². The van der Waals surface area contributed by atoms with Crippen LogP contribution in [0, 0.1) is 6.92 Å². The Morgan fingerprint density at radius 2 is 1.80 bits per heavy atom. The molecule has 1 aromatic carbocycles. The van der Waals surface area contributed by atoms with Gasteiger partial charge in [0, 0.05) is 18.6 Å². The molecule has 0 radical (unpaired) electrons. The highest BCUT2D eigenvalue weighted by Gasteiger charge is 2.26. The van der Waals surface area contributed by atoms with E-state index in [0.29, 0.717) is 25.2 Å². The van der Waals surface area contributed by atoms with E-state index in [1.54, 1.807) is 0 Å². The molecule has 1 aliphatic heterocycles. The first-order valence-electron chi connectivity index (χ1n) is 7.69. The molecule has 20 heavy (non-hydrogen) atoms. The summed E-state index contributed by atoms with van der Waals surface area (Å²) in [4.78, 5) is 2.41. The highest BCUT2D eigenvalue weighted by Crippen LogP contribution is 2.22. The number of aryl methyl sites for hydroxylation is 1. The van der Waals surface area contributed by atoms with Gasteiger partial charge in [0.05, 0.1) is 0 Å². The molecule has 0 aliphatic carbocycles. The minimum atomic E-state index is -0.431. The molecule has 0 unspecified atom stereocenters. The number of aliphatic hydroxyl groups is 1. The fourth-order valence-electron chi connectivity index (χ4n) is 2.96. The molecule has 3 atom stereocenters. The maximum absolute atomic E-state index is 10.2. The van der Waals surface area contributed by atoms with Gasteiger partial charge in [-0.15, -0.1) is 0 Å². The monoisotopic (exact) mass is 277 g/mol. The Bertz CT molecular complexity index is 394. The summed E-state index contributed by atoms with van der Waals surface area (Å²) in [5.74, 6) is 0.828. The van der Waals surface area contributed by atoms with Gasteiger partial charge < -0.3 is 9.84 Å². The molecule has 1 fully saturated rings. The van der Waals surface area contributed by atoms with Crippen molar-refractivity contribution in [2.75, 3.05) is 13.2 Å². The SMILES string of the molecule is Cc1ccc(OC[C@@H](O)CN2[C@H](C)CCC[C@@H]2C)cc1. The zero-order chi connectivity index (χ0) is 14.5. The van der Waals surface area contributed by atoms with E-state index < -0.39 is 6.10 Å². The number of piperidine rings is 1. The molecule has 1 saturated heterocycles. The molecule has 1 heterocycles. The van der Waals surface area contributed by atoms with Gasteiger partial charge in [-0.05, 0) is 45.7 Å². The number of hydrogen-bond donors (Lipinski definition) is 1. The molecular weight excluding hydrogens is 250 g/mol. The van der Waals surface area contributed by atoms with E-state index in [2.05, 4.69) is 25.7 Å². The minimum Gasteiger partial charge on any atom is -0.491 e. The molecule has 112 valence electrons. The molecule has 0 amide bonds. The van der Waals surface area contributed by atoms with Crippen molar-refractivity contribution in [1.29, 1.82) is 0 Å². The lowest BCUT2D eigenvalue weighted by atomic mass is 9.97.